The lowest BCUT2D eigenvalue weighted by molar-refractivity contribution is -0.285. The molecule has 5 atom stereocenters. The molecule has 1 aromatic carbocycles. The van der Waals surface area contributed by atoms with Crippen molar-refractivity contribution >= 4 is 28.8 Å². The average Bonchev–Trinajstić information content (AvgIpc) is 3.21. The molecule has 0 radical (unpaired) electrons. The Hall–Kier alpha value is -3.36. The number of aliphatic hydroxyl groups excluding tert-OH is 3. The van der Waals surface area contributed by atoms with E-state index in [0.717, 1.165) is 5.56 Å². The van der Waals surface area contributed by atoms with E-state index in [1.807, 2.05) is 0 Å². The number of amides is 2. The molecular formula is C26H31NO12. The summed E-state index contributed by atoms with van der Waals surface area (Å²) in [6.07, 6.45) is -4.83. The molecule has 1 aromatic heterocycles. The van der Waals surface area contributed by atoms with Crippen molar-refractivity contribution in [3.63, 3.8) is 0 Å². The zero-order valence-corrected chi connectivity index (χ0v) is 21.3. The molecule has 0 unspecified atom stereocenters. The summed E-state index contributed by atoms with van der Waals surface area (Å²) in [5.74, 6) is -1.54. The minimum Gasteiger partial charge on any atom is -0.462 e. The fourth-order valence-corrected chi connectivity index (χ4v) is 4.44. The zero-order chi connectivity index (χ0) is 28.1. The number of ether oxygens (including phenoxy) is 3. The van der Waals surface area contributed by atoms with Gasteiger partial charge in [0, 0.05) is 43.4 Å². The van der Waals surface area contributed by atoms with E-state index in [-0.39, 0.29) is 37.2 Å². The first-order valence-corrected chi connectivity index (χ1v) is 12.7. The first kappa shape index (κ1) is 28.6. The number of hydrogen-bond acceptors (Lipinski definition) is 12. The highest BCUT2D eigenvalue weighted by Crippen LogP contribution is 2.28. The maximum atomic E-state index is 11.9. The van der Waals surface area contributed by atoms with Gasteiger partial charge in [-0.3, -0.25) is 9.59 Å². The van der Waals surface area contributed by atoms with Crippen LogP contribution in [0.3, 0.4) is 0 Å². The van der Waals surface area contributed by atoms with Crippen molar-refractivity contribution < 1.29 is 53.2 Å². The summed E-state index contributed by atoms with van der Waals surface area (Å²) in [5, 5.41) is 32.3. The summed E-state index contributed by atoms with van der Waals surface area (Å²) in [6, 6.07) is 6.13. The number of rotatable bonds is 11. The molecule has 2 saturated heterocycles. The molecule has 0 bridgehead atoms. The standard InChI is InChI=1S/C26H31NO12/c1-14-11-22(32)37-17-12-15(6-7-16(14)17)36-26-24(34)23(33)25(18(13-28)38-26)35-10-4-2-3-5-21(31)39-27-19(29)8-9-20(27)30/h6-7,11-12,18,23-26,28,33-34H,2-5,8-10,13H2,1H3/t18-,23+,24+,25+,26-/m0/s1. The van der Waals surface area contributed by atoms with Gasteiger partial charge in [0.15, 0.2) is 0 Å². The SMILES string of the molecule is Cc1cc(=O)oc2cc(O[C@H]3O[C@@H](CO)[C@@H](OCCCCCC(=O)ON4C(=O)CCC4=O)[C@H](O)[C@H]3O)ccc12. The van der Waals surface area contributed by atoms with Crippen molar-refractivity contribution in [3.8, 4) is 5.75 Å². The second-order valence-corrected chi connectivity index (χ2v) is 9.42. The van der Waals surface area contributed by atoms with Crippen LogP contribution in [0.25, 0.3) is 11.0 Å². The highest BCUT2D eigenvalue weighted by atomic mass is 16.7. The maximum absolute atomic E-state index is 11.9. The van der Waals surface area contributed by atoms with Gasteiger partial charge in [0.1, 0.15) is 35.7 Å². The Morgan fingerprint density at radius 1 is 1.05 bits per heavy atom. The number of nitrogens with zero attached hydrogens (tertiary/aromatic N) is 1. The minimum atomic E-state index is -1.51. The first-order chi connectivity index (χ1) is 18.7. The smallest absolute Gasteiger partial charge is 0.336 e. The highest BCUT2D eigenvalue weighted by molar-refractivity contribution is 6.01. The van der Waals surface area contributed by atoms with Gasteiger partial charge in [-0.1, -0.05) is 6.42 Å². The molecule has 0 aliphatic carbocycles. The van der Waals surface area contributed by atoms with Gasteiger partial charge in [0.25, 0.3) is 11.8 Å². The number of imide groups is 1. The van der Waals surface area contributed by atoms with Crippen LogP contribution in [-0.4, -0.2) is 82.1 Å². The third-order valence-electron chi connectivity index (χ3n) is 6.53. The lowest BCUT2D eigenvalue weighted by atomic mass is 9.99. The number of fused-ring (bicyclic) bond motifs is 1. The molecule has 2 aliphatic rings. The summed E-state index contributed by atoms with van der Waals surface area (Å²) in [6.45, 7) is 1.40. The highest BCUT2D eigenvalue weighted by Gasteiger charge is 2.46. The Balaban J connectivity index is 1.23. The monoisotopic (exact) mass is 549 g/mol. The largest absolute Gasteiger partial charge is 0.462 e. The van der Waals surface area contributed by atoms with Crippen LogP contribution in [0.15, 0.2) is 33.5 Å². The lowest BCUT2D eigenvalue weighted by Gasteiger charge is -2.41. The van der Waals surface area contributed by atoms with Crippen LogP contribution in [-0.2, 0) is 28.7 Å². The van der Waals surface area contributed by atoms with Crippen molar-refractivity contribution in [2.75, 3.05) is 13.2 Å². The molecule has 2 aliphatic heterocycles. The van der Waals surface area contributed by atoms with E-state index < -0.39 is 60.7 Å². The number of benzene rings is 1. The van der Waals surface area contributed by atoms with Crippen molar-refractivity contribution in [1.29, 1.82) is 0 Å². The van der Waals surface area contributed by atoms with Gasteiger partial charge in [0.2, 0.25) is 6.29 Å². The fourth-order valence-electron chi connectivity index (χ4n) is 4.44. The second-order valence-electron chi connectivity index (χ2n) is 9.42. The molecule has 2 aromatic rings. The van der Waals surface area contributed by atoms with Crippen LogP contribution in [0.2, 0.25) is 0 Å². The van der Waals surface area contributed by atoms with Gasteiger partial charge < -0.3 is 38.8 Å². The number of unbranched alkanes of at least 4 members (excludes halogenated alkanes) is 2. The molecular weight excluding hydrogens is 518 g/mol. The van der Waals surface area contributed by atoms with E-state index >= 15 is 0 Å². The summed E-state index contributed by atoms with van der Waals surface area (Å²) in [4.78, 5) is 51.3. The number of hydrogen-bond donors (Lipinski definition) is 3. The number of aliphatic hydroxyl groups is 3. The zero-order valence-electron chi connectivity index (χ0n) is 21.3. The van der Waals surface area contributed by atoms with E-state index in [1.54, 1.807) is 19.1 Å². The fraction of sp³-hybridized carbons (Fsp3) is 0.538. The van der Waals surface area contributed by atoms with E-state index in [0.29, 0.717) is 29.7 Å². The van der Waals surface area contributed by atoms with E-state index in [1.165, 1.54) is 12.1 Å². The topological polar surface area (TPSA) is 182 Å². The predicted molar refractivity (Wildman–Crippen MR) is 131 cm³/mol. The molecule has 0 spiro atoms. The van der Waals surface area contributed by atoms with E-state index in [9.17, 15) is 34.5 Å². The number of carbonyl (C=O) groups is 3. The molecule has 3 heterocycles. The van der Waals surface area contributed by atoms with Gasteiger partial charge in [-0.15, -0.1) is 5.06 Å². The normalized spacial score (nSPS) is 25.3. The van der Waals surface area contributed by atoms with Gasteiger partial charge in [0.05, 0.1) is 6.61 Å². The Kier molecular flexibility index (Phi) is 9.30. The van der Waals surface area contributed by atoms with Crippen molar-refractivity contribution in [2.45, 2.75) is 76.2 Å². The van der Waals surface area contributed by atoms with Crippen molar-refractivity contribution in [3.05, 3.63) is 40.2 Å². The lowest BCUT2D eigenvalue weighted by Crippen LogP contribution is -2.61. The van der Waals surface area contributed by atoms with E-state index in [4.69, 9.17) is 23.5 Å². The van der Waals surface area contributed by atoms with Crippen molar-refractivity contribution in [1.82, 2.24) is 5.06 Å². The van der Waals surface area contributed by atoms with Gasteiger partial charge in [-0.2, -0.15) is 0 Å². The number of aryl methyl sites for hydroxylation is 1. The average molecular weight is 550 g/mol. The van der Waals surface area contributed by atoms with Crippen LogP contribution in [0, 0.1) is 6.92 Å². The molecule has 4 rings (SSSR count). The van der Waals surface area contributed by atoms with Gasteiger partial charge in [-0.05, 0) is 37.5 Å². The van der Waals surface area contributed by atoms with Crippen LogP contribution in [0.5, 0.6) is 5.75 Å². The predicted octanol–water partition coefficient (Wildman–Crippen LogP) is 0.472. The Morgan fingerprint density at radius 3 is 2.51 bits per heavy atom. The molecule has 3 N–H and O–H groups in total. The Morgan fingerprint density at radius 2 is 1.79 bits per heavy atom. The van der Waals surface area contributed by atoms with Gasteiger partial charge >= 0.3 is 11.6 Å². The van der Waals surface area contributed by atoms with Crippen LogP contribution in [0.4, 0.5) is 0 Å². The maximum Gasteiger partial charge on any atom is 0.336 e. The summed E-state index contributed by atoms with van der Waals surface area (Å²) in [7, 11) is 0. The molecule has 13 heteroatoms. The molecule has 39 heavy (non-hydrogen) atoms. The van der Waals surface area contributed by atoms with E-state index in [2.05, 4.69) is 0 Å². The molecule has 13 nitrogen and oxygen atoms in total. The van der Waals surface area contributed by atoms with Crippen molar-refractivity contribution in [2.24, 2.45) is 0 Å². The summed E-state index contributed by atoms with van der Waals surface area (Å²) >= 11 is 0. The van der Waals surface area contributed by atoms with Crippen LogP contribution in [0.1, 0.15) is 44.1 Å². The number of hydroxylamine groups is 2. The summed E-state index contributed by atoms with van der Waals surface area (Å²) in [5.41, 5.74) is 0.499. The third-order valence-corrected chi connectivity index (χ3v) is 6.53. The Labute approximate surface area is 222 Å². The van der Waals surface area contributed by atoms with Crippen LogP contribution >= 0.6 is 0 Å². The van der Waals surface area contributed by atoms with Crippen LogP contribution < -0.4 is 10.4 Å². The molecule has 2 fully saturated rings. The quantitative estimate of drug-likeness (QED) is 0.200. The summed E-state index contributed by atoms with van der Waals surface area (Å²) < 4.78 is 22.2. The first-order valence-electron chi connectivity index (χ1n) is 12.7. The molecule has 0 saturated carbocycles. The van der Waals surface area contributed by atoms with Gasteiger partial charge in [-0.25, -0.2) is 9.59 Å². The Bertz CT molecular complexity index is 1240. The third kappa shape index (κ3) is 6.81. The second kappa shape index (κ2) is 12.7. The minimum absolute atomic E-state index is 0.000965. The molecule has 2 amide bonds. The number of carbonyl (C=O) groups excluding carboxylic acids is 3. The molecule has 212 valence electrons.